The Kier molecular flexibility index (Phi) is 8.94. The van der Waals surface area contributed by atoms with Gasteiger partial charge in [-0.3, -0.25) is 9.59 Å². The van der Waals surface area contributed by atoms with E-state index in [2.05, 4.69) is 17.1 Å². The molecule has 0 spiro atoms. The van der Waals surface area contributed by atoms with E-state index in [4.69, 9.17) is 5.84 Å². The zero-order valence-electron chi connectivity index (χ0n) is 17.3. The summed E-state index contributed by atoms with van der Waals surface area (Å²) in [6.45, 7) is 10.1. The Bertz CT molecular complexity index is 665. The molecule has 28 heavy (non-hydrogen) atoms. The first kappa shape index (κ1) is 22.9. The number of rotatable bonds is 9. The summed E-state index contributed by atoms with van der Waals surface area (Å²) in [6.07, 6.45) is 4.31. The predicted octanol–water partition coefficient (Wildman–Crippen LogP) is 2.22. The van der Waals surface area contributed by atoms with Gasteiger partial charge >= 0.3 is 0 Å². The van der Waals surface area contributed by atoms with Crippen LogP contribution in [-0.2, 0) is 9.59 Å². The number of thioether (sulfide) groups is 2. The Morgan fingerprint density at radius 1 is 1.21 bits per heavy atom. The van der Waals surface area contributed by atoms with Crippen molar-refractivity contribution in [3.05, 3.63) is 0 Å². The molecule has 2 heterocycles. The summed E-state index contributed by atoms with van der Waals surface area (Å²) >= 11 is 2.59. The first-order chi connectivity index (χ1) is 13.4. The third-order valence-corrected chi connectivity index (χ3v) is 7.06. The van der Waals surface area contributed by atoms with E-state index in [0.29, 0.717) is 29.4 Å². The maximum Gasteiger partial charge on any atom is 0.236 e. The number of hydrogen-bond acceptors (Lipinski definition) is 7. The molecular formula is C18H32N6O2S2. The van der Waals surface area contributed by atoms with Gasteiger partial charge in [0.05, 0.1) is 11.0 Å². The molecule has 2 amide bonds. The molecule has 8 nitrogen and oxygen atoms in total. The van der Waals surface area contributed by atoms with Crippen molar-refractivity contribution in [2.75, 3.05) is 31.2 Å². The predicted molar refractivity (Wildman–Crippen MR) is 114 cm³/mol. The maximum atomic E-state index is 12.9. The second kappa shape index (κ2) is 10.9. The topological polar surface area (TPSA) is 97.4 Å². The van der Waals surface area contributed by atoms with E-state index in [-0.39, 0.29) is 22.8 Å². The lowest BCUT2D eigenvalue weighted by Gasteiger charge is -2.36. The largest absolute Gasteiger partial charge is 0.343 e. The van der Waals surface area contributed by atoms with Gasteiger partial charge in [0.1, 0.15) is 0 Å². The third kappa shape index (κ3) is 5.56. The lowest BCUT2D eigenvalue weighted by Crippen LogP contribution is -2.46. The number of amides is 2. The number of aromatic nitrogens is 3. The molecule has 0 aromatic carbocycles. The molecule has 2 rings (SSSR count). The Balaban J connectivity index is 1.95. The number of hydrogen-bond donors (Lipinski definition) is 1. The van der Waals surface area contributed by atoms with E-state index in [9.17, 15) is 9.59 Å². The number of nitrogens with two attached hydrogens (primary N) is 1. The fourth-order valence-corrected chi connectivity index (χ4v) is 5.05. The van der Waals surface area contributed by atoms with E-state index in [1.165, 1.54) is 34.6 Å². The zero-order valence-corrected chi connectivity index (χ0v) is 18.9. The number of nitrogens with zero attached hydrogens (tertiary/aromatic N) is 5. The first-order valence-electron chi connectivity index (χ1n) is 10.0. The van der Waals surface area contributed by atoms with Crippen LogP contribution >= 0.6 is 23.5 Å². The molecule has 0 radical (unpaired) electrons. The maximum absolute atomic E-state index is 12.9. The van der Waals surface area contributed by atoms with Gasteiger partial charge in [-0.15, -0.1) is 10.2 Å². The molecule has 1 aliphatic heterocycles. The molecule has 10 heteroatoms. The minimum Gasteiger partial charge on any atom is -0.343 e. The van der Waals surface area contributed by atoms with Crippen LogP contribution in [0.2, 0.25) is 0 Å². The van der Waals surface area contributed by atoms with Crippen molar-refractivity contribution in [1.82, 2.24) is 24.7 Å². The number of likely N-dealkylation sites (tertiary alicyclic amines) is 1. The van der Waals surface area contributed by atoms with Gasteiger partial charge in [-0.25, -0.2) is 4.68 Å². The highest BCUT2D eigenvalue weighted by molar-refractivity contribution is 8.00. The lowest BCUT2D eigenvalue weighted by molar-refractivity contribution is -0.134. The number of carbonyl (C=O) groups excluding carboxylic acids is 2. The van der Waals surface area contributed by atoms with Crippen LogP contribution < -0.4 is 5.84 Å². The molecule has 1 saturated heterocycles. The van der Waals surface area contributed by atoms with Crippen LogP contribution in [0.4, 0.5) is 0 Å². The third-order valence-electron chi connectivity index (χ3n) is 5.09. The van der Waals surface area contributed by atoms with Crippen LogP contribution in [0.3, 0.4) is 0 Å². The van der Waals surface area contributed by atoms with Gasteiger partial charge in [0, 0.05) is 25.7 Å². The standard InChI is InChI=1S/C18H32N6O2S2/c1-5-14-10-8-9-11-23(14)16(26)13(4)28-18-21-20-17(24(18)19)27-12-15(25)22(6-2)7-3/h13-14H,5-12,19H2,1-4H3. The van der Waals surface area contributed by atoms with Gasteiger partial charge in [0.15, 0.2) is 0 Å². The molecule has 1 fully saturated rings. The molecule has 0 bridgehead atoms. The highest BCUT2D eigenvalue weighted by Crippen LogP contribution is 2.28. The average Bonchev–Trinajstić information content (AvgIpc) is 3.06. The summed E-state index contributed by atoms with van der Waals surface area (Å²) in [5.41, 5.74) is 0. The van der Waals surface area contributed by atoms with Crippen LogP contribution in [0, 0.1) is 0 Å². The monoisotopic (exact) mass is 428 g/mol. The molecule has 2 unspecified atom stereocenters. The molecule has 0 saturated carbocycles. The van der Waals surface area contributed by atoms with E-state index in [0.717, 1.165) is 25.8 Å². The van der Waals surface area contributed by atoms with Crippen molar-refractivity contribution in [2.45, 2.75) is 75.0 Å². The van der Waals surface area contributed by atoms with Crippen molar-refractivity contribution in [3.8, 4) is 0 Å². The smallest absolute Gasteiger partial charge is 0.236 e. The normalized spacial score (nSPS) is 18.1. The van der Waals surface area contributed by atoms with E-state index in [1.807, 2.05) is 25.7 Å². The first-order valence-corrected chi connectivity index (χ1v) is 11.9. The highest BCUT2D eigenvalue weighted by Gasteiger charge is 2.30. The zero-order chi connectivity index (χ0) is 20.7. The Labute approximate surface area is 175 Å². The lowest BCUT2D eigenvalue weighted by atomic mass is 10.00. The fourth-order valence-electron chi connectivity index (χ4n) is 3.39. The van der Waals surface area contributed by atoms with Crippen LogP contribution in [0.15, 0.2) is 10.3 Å². The Morgan fingerprint density at radius 3 is 2.54 bits per heavy atom. The van der Waals surface area contributed by atoms with Gasteiger partial charge in [-0.05, 0) is 46.5 Å². The van der Waals surface area contributed by atoms with Crippen molar-refractivity contribution < 1.29 is 9.59 Å². The van der Waals surface area contributed by atoms with Gasteiger partial charge in [0.25, 0.3) is 0 Å². The molecule has 1 aromatic heterocycles. The van der Waals surface area contributed by atoms with Crippen molar-refractivity contribution in [3.63, 3.8) is 0 Å². The fraction of sp³-hybridized carbons (Fsp3) is 0.778. The minimum atomic E-state index is -0.284. The Hall–Kier alpha value is -1.42. The Morgan fingerprint density at radius 2 is 1.89 bits per heavy atom. The van der Waals surface area contributed by atoms with Crippen LogP contribution in [0.25, 0.3) is 0 Å². The SMILES string of the molecule is CCC1CCCCN1C(=O)C(C)Sc1nnc(SCC(=O)N(CC)CC)n1N. The van der Waals surface area contributed by atoms with Crippen molar-refractivity contribution >= 4 is 35.3 Å². The average molecular weight is 429 g/mol. The summed E-state index contributed by atoms with van der Waals surface area (Å²) in [7, 11) is 0. The number of nitrogen functional groups attached to an aromatic ring is 1. The molecule has 2 N–H and O–H groups in total. The van der Waals surface area contributed by atoms with Crippen LogP contribution in [0.1, 0.15) is 53.4 Å². The minimum absolute atomic E-state index is 0.0476. The van der Waals surface area contributed by atoms with Crippen LogP contribution in [0.5, 0.6) is 0 Å². The quantitative estimate of drug-likeness (QED) is 0.476. The second-order valence-corrected chi connectivity index (χ2v) is 9.09. The highest BCUT2D eigenvalue weighted by atomic mass is 32.2. The van der Waals surface area contributed by atoms with E-state index >= 15 is 0 Å². The van der Waals surface area contributed by atoms with Gasteiger partial charge in [0.2, 0.25) is 22.1 Å². The summed E-state index contributed by atoms with van der Waals surface area (Å²) in [6, 6.07) is 0.331. The molecule has 1 aliphatic rings. The molecular weight excluding hydrogens is 396 g/mol. The second-order valence-electron chi connectivity index (χ2n) is 6.84. The van der Waals surface area contributed by atoms with Crippen molar-refractivity contribution in [1.29, 1.82) is 0 Å². The van der Waals surface area contributed by atoms with Gasteiger partial charge < -0.3 is 15.6 Å². The molecule has 0 aliphatic carbocycles. The molecule has 158 valence electrons. The van der Waals surface area contributed by atoms with Crippen molar-refractivity contribution in [2.24, 2.45) is 0 Å². The van der Waals surface area contributed by atoms with E-state index < -0.39 is 0 Å². The number of piperidine rings is 1. The molecule has 1 aromatic rings. The van der Waals surface area contributed by atoms with E-state index in [1.54, 1.807) is 4.90 Å². The van der Waals surface area contributed by atoms with Gasteiger partial charge in [-0.1, -0.05) is 30.4 Å². The summed E-state index contributed by atoms with van der Waals surface area (Å²) in [5, 5.41) is 8.89. The summed E-state index contributed by atoms with van der Waals surface area (Å²) < 4.78 is 1.38. The summed E-state index contributed by atoms with van der Waals surface area (Å²) in [5.74, 6) is 6.55. The summed E-state index contributed by atoms with van der Waals surface area (Å²) in [4.78, 5) is 28.8. The van der Waals surface area contributed by atoms with Gasteiger partial charge in [-0.2, -0.15) is 0 Å². The molecule has 2 atom stereocenters. The van der Waals surface area contributed by atoms with Crippen LogP contribution in [-0.4, -0.2) is 73.2 Å². The number of carbonyl (C=O) groups is 2.